The first kappa shape index (κ1) is 17.0. The summed E-state index contributed by atoms with van der Waals surface area (Å²) in [6.45, 7) is 2.24. The summed E-state index contributed by atoms with van der Waals surface area (Å²) in [4.78, 5) is 27.0. The predicted molar refractivity (Wildman–Crippen MR) is 103 cm³/mol. The van der Waals surface area contributed by atoms with Gasteiger partial charge < -0.3 is 4.74 Å². The van der Waals surface area contributed by atoms with E-state index >= 15 is 0 Å². The number of benzene rings is 2. The molecule has 0 saturated carbocycles. The molecule has 1 amide bonds. The highest BCUT2D eigenvalue weighted by Crippen LogP contribution is 2.42. The van der Waals surface area contributed by atoms with Crippen LogP contribution in [0.4, 0.5) is 5.69 Å². The smallest absolute Gasteiger partial charge is 0.336 e. The van der Waals surface area contributed by atoms with Crippen molar-refractivity contribution in [3.63, 3.8) is 0 Å². The lowest BCUT2D eigenvalue weighted by Crippen LogP contribution is -2.37. The van der Waals surface area contributed by atoms with Crippen LogP contribution in [-0.4, -0.2) is 18.5 Å². The Kier molecular flexibility index (Phi) is 4.41. The summed E-state index contributed by atoms with van der Waals surface area (Å²) in [6.07, 6.45) is 1.21. The zero-order chi connectivity index (χ0) is 18.3. The Balaban J connectivity index is 1.78. The van der Waals surface area contributed by atoms with Crippen molar-refractivity contribution < 1.29 is 14.3 Å². The summed E-state index contributed by atoms with van der Waals surface area (Å²) in [5.41, 5.74) is 4.24. The standard InChI is InChI=1S/C21H18BrNO3/c1-2-13-3-5-14(6-4-13)17-11-19(24)23(16-9-7-15(22)8-10-16)18-12-26-21(25)20(17)18/h3-10,17H,2,11-12H2,1H3. The maximum Gasteiger partial charge on any atom is 0.336 e. The first-order chi connectivity index (χ1) is 12.6. The van der Waals surface area contributed by atoms with E-state index in [-0.39, 0.29) is 30.8 Å². The molecule has 0 radical (unpaired) electrons. The van der Waals surface area contributed by atoms with Crippen molar-refractivity contribution in [2.45, 2.75) is 25.7 Å². The molecule has 0 spiro atoms. The van der Waals surface area contributed by atoms with Crippen LogP contribution in [-0.2, 0) is 20.7 Å². The van der Waals surface area contributed by atoms with Crippen molar-refractivity contribution >= 4 is 33.5 Å². The Labute approximate surface area is 160 Å². The van der Waals surface area contributed by atoms with Crippen molar-refractivity contribution in [1.82, 2.24) is 0 Å². The van der Waals surface area contributed by atoms with Gasteiger partial charge in [0.05, 0.1) is 11.3 Å². The third kappa shape index (κ3) is 2.86. The first-order valence-corrected chi connectivity index (χ1v) is 9.45. The second kappa shape index (κ2) is 6.72. The number of amides is 1. The quantitative estimate of drug-likeness (QED) is 0.705. The number of hydrogen-bond acceptors (Lipinski definition) is 3. The zero-order valence-corrected chi connectivity index (χ0v) is 16.0. The largest absolute Gasteiger partial charge is 0.456 e. The van der Waals surface area contributed by atoms with Gasteiger partial charge in [-0.15, -0.1) is 0 Å². The molecule has 2 aromatic carbocycles. The van der Waals surface area contributed by atoms with E-state index in [1.807, 2.05) is 36.4 Å². The Bertz CT molecular complexity index is 900. The molecule has 5 heteroatoms. The molecule has 2 aliphatic rings. The van der Waals surface area contributed by atoms with E-state index in [1.54, 1.807) is 4.90 Å². The summed E-state index contributed by atoms with van der Waals surface area (Å²) < 4.78 is 6.24. The highest BCUT2D eigenvalue weighted by Gasteiger charge is 2.42. The summed E-state index contributed by atoms with van der Waals surface area (Å²) in [5.74, 6) is -0.585. The predicted octanol–water partition coefficient (Wildman–Crippen LogP) is 4.34. The number of aryl methyl sites for hydroxylation is 1. The molecule has 132 valence electrons. The molecular formula is C21H18BrNO3. The summed E-state index contributed by atoms with van der Waals surface area (Å²) in [7, 11) is 0. The van der Waals surface area contributed by atoms with Gasteiger partial charge in [0.1, 0.15) is 6.61 Å². The average molecular weight is 412 g/mol. The normalized spacial score (nSPS) is 19.6. The SMILES string of the molecule is CCc1ccc(C2CC(=O)N(c3ccc(Br)cc3)C3=C2C(=O)OC3)cc1. The highest BCUT2D eigenvalue weighted by atomic mass is 79.9. The van der Waals surface area contributed by atoms with Crippen molar-refractivity contribution in [3.05, 3.63) is 75.4 Å². The van der Waals surface area contributed by atoms with Crippen molar-refractivity contribution in [1.29, 1.82) is 0 Å². The molecule has 0 fully saturated rings. The number of esters is 1. The molecule has 0 N–H and O–H groups in total. The number of halogens is 1. The molecule has 0 aliphatic carbocycles. The zero-order valence-electron chi connectivity index (χ0n) is 14.4. The molecular weight excluding hydrogens is 394 g/mol. The minimum absolute atomic E-state index is 0.0195. The van der Waals surface area contributed by atoms with Crippen LogP contribution >= 0.6 is 15.9 Å². The molecule has 0 aromatic heterocycles. The number of anilines is 1. The Morgan fingerprint density at radius 3 is 2.42 bits per heavy atom. The van der Waals surface area contributed by atoms with E-state index in [0.717, 1.165) is 22.1 Å². The third-order valence-electron chi connectivity index (χ3n) is 4.99. The lowest BCUT2D eigenvalue weighted by Gasteiger charge is -2.32. The minimum atomic E-state index is -0.320. The van der Waals surface area contributed by atoms with E-state index in [4.69, 9.17) is 4.74 Å². The molecule has 2 aromatic rings. The van der Waals surface area contributed by atoms with Crippen molar-refractivity contribution in [2.75, 3.05) is 11.5 Å². The fourth-order valence-corrected chi connectivity index (χ4v) is 3.88. The van der Waals surface area contributed by atoms with E-state index in [0.29, 0.717) is 11.3 Å². The van der Waals surface area contributed by atoms with Gasteiger partial charge in [0, 0.05) is 22.5 Å². The summed E-state index contributed by atoms with van der Waals surface area (Å²) >= 11 is 3.41. The number of rotatable bonds is 3. The maximum absolute atomic E-state index is 12.9. The molecule has 0 bridgehead atoms. The molecule has 2 aliphatic heterocycles. The van der Waals surface area contributed by atoms with Gasteiger partial charge in [-0.3, -0.25) is 9.69 Å². The Hall–Kier alpha value is -2.40. The van der Waals surface area contributed by atoms with E-state index in [2.05, 4.69) is 35.0 Å². The number of carbonyl (C=O) groups is 2. The molecule has 4 rings (SSSR count). The lowest BCUT2D eigenvalue weighted by molar-refractivity contribution is -0.136. The Morgan fingerprint density at radius 1 is 1.08 bits per heavy atom. The first-order valence-electron chi connectivity index (χ1n) is 8.66. The maximum atomic E-state index is 12.9. The topological polar surface area (TPSA) is 46.6 Å². The van der Waals surface area contributed by atoms with Crippen LogP contribution < -0.4 is 4.90 Å². The number of ether oxygens (including phenoxy) is 1. The molecule has 1 atom stereocenters. The average Bonchev–Trinajstić information content (AvgIpc) is 3.04. The van der Waals surface area contributed by atoms with Gasteiger partial charge in [-0.25, -0.2) is 4.79 Å². The van der Waals surface area contributed by atoms with Crippen LogP contribution in [0.1, 0.15) is 30.4 Å². The molecule has 26 heavy (non-hydrogen) atoms. The van der Waals surface area contributed by atoms with Crippen LogP contribution in [0.15, 0.2) is 64.3 Å². The van der Waals surface area contributed by atoms with Gasteiger partial charge in [0.25, 0.3) is 0 Å². The monoisotopic (exact) mass is 411 g/mol. The second-order valence-electron chi connectivity index (χ2n) is 6.49. The summed E-state index contributed by atoms with van der Waals surface area (Å²) in [5, 5.41) is 0. The molecule has 4 nitrogen and oxygen atoms in total. The van der Waals surface area contributed by atoms with Crippen LogP contribution in [0.2, 0.25) is 0 Å². The molecule has 2 heterocycles. The van der Waals surface area contributed by atoms with Gasteiger partial charge >= 0.3 is 5.97 Å². The van der Waals surface area contributed by atoms with Gasteiger partial charge in [0.15, 0.2) is 0 Å². The fourth-order valence-electron chi connectivity index (χ4n) is 3.61. The Morgan fingerprint density at radius 2 is 1.77 bits per heavy atom. The fraction of sp³-hybridized carbons (Fsp3) is 0.238. The number of hydrogen-bond donors (Lipinski definition) is 0. The minimum Gasteiger partial charge on any atom is -0.456 e. The van der Waals surface area contributed by atoms with Crippen molar-refractivity contribution in [2.24, 2.45) is 0 Å². The van der Waals surface area contributed by atoms with Gasteiger partial charge in [-0.2, -0.15) is 0 Å². The van der Waals surface area contributed by atoms with Crippen LogP contribution in [0.3, 0.4) is 0 Å². The summed E-state index contributed by atoms with van der Waals surface area (Å²) in [6, 6.07) is 15.6. The van der Waals surface area contributed by atoms with E-state index in [1.165, 1.54) is 5.56 Å². The molecule has 0 saturated heterocycles. The number of nitrogens with zero attached hydrogens (tertiary/aromatic N) is 1. The second-order valence-corrected chi connectivity index (χ2v) is 7.41. The van der Waals surface area contributed by atoms with Crippen LogP contribution in [0, 0.1) is 0 Å². The number of carbonyl (C=O) groups excluding carboxylic acids is 2. The number of cyclic esters (lactones) is 1. The third-order valence-corrected chi connectivity index (χ3v) is 5.52. The van der Waals surface area contributed by atoms with Crippen LogP contribution in [0.5, 0.6) is 0 Å². The van der Waals surface area contributed by atoms with E-state index < -0.39 is 0 Å². The molecule has 1 unspecified atom stereocenters. The van der Waals surface area contributed by atoms with Gasteiger partial charge in [-0.1, -0.05) is 47.1 Å². The van der Waals surface area contributed by atoms with Gasteiger partial charge in [-0.05, 0) is 41.8 Å². The lowest BCUT2D eigenvalue weighted by atomic mass is 9.84. The van der Waals surface area contributed by atoms with Crippen molar-refractivity contribution in [3.8, 4) is 0 Å². The van der Waals surface area contributed by atoms with E-state index in [9.17, 15) is 9.59 Å². The van der Waals surface area contributed by atoms with Gasteiger partial charge in [0.2, 0.25) is 5.91 Å². The van der Waals surface area contributed by atoms with Crippen LogP contribution in [0.25, 0.3) is 0 Å². The highest BCUT2D eigenvalue weighted by molar-refractivity contribution is 9.10.